The normalized spacial score (nSPS) is 15.1. The fourth-order valence-electron chi connectivity index (χ4n) is 3.16. The lowest BCUT2D eigenvalue weighted by Crippen LogP contribution is -2.41. The number of nitrogens with one attached hydrogen (secondary N) is 3. The second-order valence-corrected chi connectivity index (χ2v) is 6.95. The predicted molar refractivity (Wildman–Crippen MR) is 124 cm³/mol. The molecule has 28 heavy (non-hydrogen) atoms. The van der Waals surface area contributed by atoms with Crippen LogP contribution in [0.3, 0.4) is 0 Å². The van der Waals surface area contributed by atoms with E-state index in [4.69, 9.17) is 9.73 Å². The Morgan fingerprint density at radius 2 is 1.96 bits per heavy atom. The zero-order valence-corrected chi connectivity index (χ0v) is 19.0. The summed E-state index contributed by atoms with van der Waals surface area (Å²) in [5.74, 6) is 0.826. The molecule has 0 heterocycles. The molecule has 0 radical (unpaired) electrons. The average molecular weight is 505 g/mol. The smallest absolute Gasteiger partial charge is 0.269 e. The lowest BCUT2D eigenvalue weighted by Gasteiger charge is -2.40. The number of benzene rings is 1. The Bertz CT molecular complexity index is 621. The molecule has 3 N–H and O–H groups in total. The van der Waals surface area contributed by atoms with Crippen molar-refractivity contribution in [1.82, 2.24) is 10.6 Å². The first-order valence-corrected chi connectivity index (χ1v) is 9.58. The Labute approximate surface area is 184 Å². The first-order valence-electron chi connectivity index (χ1n) is 9.58. The van der Waals surface area contributed by atoms with E-state index in [0.29, 0.717) is 18.5 Å². The van der Waals surface area contributed by atoms with E-state index < -0.39 is 4.92 Å². The highest BCUT2D eigenvalue weighted by Gasteiger charge is 2.36. The summed E-state index contributed by atoms with van der Waals surface area (Å²) in [5, 5.41) is 20.5. The molecule has 9 heteroatoms. The minimum atomic E-state index is -0.397. The van der Waals surface area contributed by atoms with Gasteiger partial charge in [0.2, 0.25) is 0 Å². The third kappa shape index (κ3) is 7.78. The molecule has 158 valence electrons. The molecule has 1 aromatic carbocycles. The fourth-order valence-corrected chi connectivity index (χ4v) is 3.16. The first-order chi connectivity index (χ1) is 13.1. The van der Waals surface area contributed by atoms with E-state index in [-0.39, 0.29) is 29.7 Å². The molecule has 1 aromatic rings. The highest BCUT2D eigenvalue weighted by atomic mass is 127. The summed E-state index contributed by atoms with van der Waals surface area (Å²) >= 11 is 0. The predicted octanol–water partition coefficient (Wildman–Crippen LogP) is 3.39. The summed E-state index contributed by atoms with van der Waals surface area (Å²) in [6.07, 6.45) is 4.79. The van der Waals surface area contributed by atoms with Gasteiger partial charge >= 0.3 is 0 Å². The van der Waals surface area contributed by atoms with Crippen molar-refractivity contribution in [2.45, 2.75) is 32.6 Å². The number of halogens is 1. The fraction of sp³-hybridized carbons (Fsp3) is 0.632. The van der Waals surface area contributed by atoms with Crippen LogP contribution in [0, 0.1) is 15.5 Å². The van der Waals surface area contributed by atoms with Crippen molar-refractivity contribution in [3.05, 3.63) is 34.4 Å². The maximum Gasteiger partial charge on any atom is 0.269 e. The van der Waals surface area contributed by atoms with Crippen LogP contribution in [0.4, 0.5) is 11.4 Å². The van der Waals surface area contributed by atoms with Crippen molar-refractivity contribution in [2.24, 2.45) is 10.4 Å². The summed E-state index contributed by atoms with van der Waals surface area (Å²) < 4.78 is 5.24. The van der Waals surface area contributed by atoms with Gasteiger partial charge in [0.1, 0.15) is 0 Å². The Morgan fingerprint density at radius 3 is 2.50 bits per heavy atom. The molecule has 0 saturated heterocycles. The van der Waals surface area contributed by atoms with Crippen LogP contribution in [-0.2, 0) is 4.74 Å². The topological polar surface area (TPSA) is 101 Å². The van der Waals surface area contributed by atoms with Crippen molar-refractivity contribution < 1.29 is 9.66 Å². The number of hydrogen-bond donors (Lipinski definition) is 3. The van der Waals surface area contributed by atoms with Crippen LogP contribution in [0.1, 0.15) is 32.6 Å². The number of non-ortho nitro benzene ring substituents is 1. The molecule has 1 aliphatic rings. The SMILES string of the molecule is CCNC(=NCC1(CCOC)CCC1)NCCNc1ccc([N+](=O)[O-])cc1.I. The number of nitro groups is 1. The minimum absolute atomic E-state index is 0. The van der Waals surface area contributed by atoms with Crippen LogP contribution in [0.2, 0.25) is 0 Å². The molecule has 1 aliphatic carbocycles. The zero-order valence-electron chi connectivity index (χ0n) is 16.7. The molecular weight excluding hydrogens is 473 g/mol. The third-order valence-corrected chi connectivity index (χ3v) is 4.99. The van der Waals surface area contributed by atoms with E-state index in [0.717, 1.165) is 37.8 Å². The number of guanidine groups is 1. The highest BCUT2D eigenvalue weighted by molar-refractivity contribution is 14.0. The maximum absolute atomic E-state index is 10.7. The monoisotopic (exact) mass is 505 g/mol. The number of nitro benzene ring substituents is 1. The van der Waals surface area contributed by atoms with Gasteiger partial charge in [-0.2, -0.15) is 0 Å². The van der Waals surface area contributed by atoms with Gasteiger partial charge in [-0.05, 0) is 43.7 Å². The highest BCUT2D eigenvalue weighted by Crippen LogP contribution is 2.44. The standard InChI is InChI=1S/C19H31N5O3.HI/c1-3-20-18(23-15-19(9-4-10-19)11-14-27-2)22-13-12-21-16-5-7-17(8-6-16)24(25)26;/h5-8,21H,3-4,9-15H2,1-2H3,(H2,20,22,23);1H. The van der Waals surface area contributed by atoms with Gasteiger partial charge in [-0.15, -0.1) is 24.0 Å². The molecular formula is C19H32IN5O3. The van der Waals surface area contributed by atoms with E-state index in [2.05, 4.69) is 22.9 Å². The van der Waals surface area contributed by atoms with E-state index in [1.807, 2.05) is 0 Å². The Morgan fingerprint density at radius 1 is 1.25 bits per heavy atom. The number of anilines is 1. The van der Waals surface area contributed by atoms with E-state index in [9.17, 15) is 10.1 Å². The lowest BCUT2D eigenvalue weighted by atomic mass is 9.67. The second-order valence-electron chi connectivity index (χ2n) is 6.95. The number of methoxy groups -OCH3 is 1. The Hall–Kier alpha value is -1.62. The molecule has 0 bridgehead atoms. The van der Waals surface area contributed by atoms with Gasteiger partial charge in [0, 0.05) is 57.7 Å². The summed E-state index contributed by atoms with van der Waals surface area (Å²) in [6.45, 7) is 5.87. The molecule has 0 aliphatic heterocycles. The van der Waals surface area contributed by atoms with E-state index in [1.165, 1.54) is 31.4 Å². The van der Waals surface area contributed by atoms with Crippen LogP contribution in [0.25, 0.3) is 0 Å². The number of nitrogens with zero attached hydrogens (tertiary/aromatic N) is 2. The quantitative estimate of drug-likeness (QED) is 0.107. The minimum Gasteiger partial charge on any atom is -0.385 e. The van der Waals surface area contributed by atoms with Gasteiger partial charge in [0.05, 0.1) is 4.92 Å². The molecule has 0 atom stereocenters. The summed E-state index contributed by atoms with van der Waals surface area (Å²) in [5.41, 5.74) is 1.26. The van der Waals surface area contributed by atoms with Gasteiger partial charge in [-0.1, -0.05) is 6.42 Å². The Kier molecular flexibility index (Phi) is 11.1. The van der Waals surface area contributed by atoms with Crippen molar-refractivity contribution in [3.8, 4) is 0 Å². The van der Waals surface area contributed by atoms with Crippen LogP contribution < -0.4 is 16.0 Å². The molecule has 2 rings (SSSR count). The summed E-state index contributed by atoms with van der Waals surface area (Å²) in [4.78, 5) is 15.0. The summed E-state index contributed by atoms with van der Waals surface area (Å²) in [7, 11) is 1.75. The van der Waals surface area contributed by atoms with E-state index >= 15 is 0 Å². The van der Waals surface area contributed by atoms with Gasteiger partial charge in [-0.3, -0.25) is 15.1 Å². The maximum atomic E-state index is 10.7. The number of hydrogen-bond acceptors (Lipinski definition) is 5. The molecule has 1 saturated carbocycles. The van der Waals surface area contributed by atoms with Crippen molar-refractivity contribution in [1.29, 1.82) is 0 Å². The number of ether oxygens (including phenoxy) is 1. The number of rotatable bonds is 11. The molecule has 0 unspecified atom stereocenters. The second kappa shape index (κ2) is 12.8. The molecule has 8 nitrogen and oxygen atoms in total. The zero-order chi connectivity index (χ0) is 19.5. The summed E-state index contributed by atoms with van der Waals surface area (Å²) in [6, 6.07) is 6.43. The van der Waals surface area contributed by atoms with E-state index in [1.54, 1.807) is 19.2 Å². The van der Waals surface area contributed by atoms with Crippen molar-refractivity contribution in [3.63, 3.8) is 0 Å². The van der Waals surface area contributed by atoms with Crippen LogP contribution in [0.15, 0.2) is 29.3 Å². The van der Waals surface area contributed by atoms with Gasteiger partial charge in [0.15, 0.2) is 5.96 Å². The third-order valence-electron chi connectivity index (χ3n) is 4.99. The largest absolute Gasteiger partial charge is 0.385 e. The molecule has 0 spiro atoms. The number of aliphatic imine (C=N–C) groups is 1. The van der Waals surface area contributed by atoms with Crippen molar-refractivity contribution in [2.75, 3.05) is 45.2 Å². The first kappa shape index (κ1) is 24.4. The van der Waals surface area contributed by atoms with Gasteiger partial charge in [0.25, 0.3) is 5.69 Å². The lowest BCUT2D eigenvalue weighted by molar-refractivity contribution is -0.384. The van der Waals surface area contributed by atoms with Gasteiger partial charge in [-0.25, -0.2) is 0 Å². The van der Waals surface area contributed by atoms with Crippen LogP contribution in [0.5, 0.6) is 0 Å². The Balaban J connectivity index is 0.00000392. The molecule has 0 amide bonds. The van der Waals surface area contributed by atoms with Crippen LogP contribution in [-0.4, -0.2) is 50.8 Å². The van der Waals surface area contributed by atoms with Crippen LogP contribution >= 0.6 is 24.0 Å². The molecule has 1 fully saturated rings. The average Bonchev–Trinajstić information content (AvgIpc) is 2.64. The van der Waals surface area contributed by atoms with Crippen molar-refractivity contribution >= 4 is 41.3 Å². The van der Waals surface area contributed by atoms with Gasteiger partial charge < -0.3 is 20.7 Å². The molecule has 0 aromatic heterocycles.